The first-order valence-electron chi connectivity index (χ1n) is 10.4. The molecule has 0 saturated heterocycles. The molecule has 6 heteroatoms. The zero-order valence-electron chi connectivity index (χ0n) is 18.4. The zero-order valence-corrected chi connectivity index (χ0v) is 19.2. The van der Waals surface area contributed by atoms with Gasteiger partial charge < -0.3 is 4.90 Å². The topological polar surface area (TPSA) is 51.0 Å². The fraction of sp³-hybridized carbons (Fsp3) is 0.375. The Morgan fingerprint density at radius 1 is 0.967 bits per heavy atom. The molecule has 0 N–H and O–H groups in total. The second-order valence-electron chi connectivity index (χ2n) is 8.16. The first-order valence-corrected chi connectivity index (χ1v) is 11.4. The Hall–Kier alpha value is -2.60. The van der Waals surface area contributed by atoms with E-state index in [0.29, 0.717) is 18.8 Å². The minimum absolute atomic E-state index is 0.0947. The van der Waals surface area contributed by atoms with Crippen LogP contribution in [0.1, 0.15) is 40.2 Å². The second kappa shape index (κ2) is 9.47. The third-order valence-electron chi connectivity index (χ3n) is 5.10. The lowest BCUT2D eigenvalue weighted by Crippen LogP contribution is -2.31. The van der Waals surface area contributed by atoms with Crippen LogP contribution in [-0.4, -0.2) is 44.4 Å². The van der Waals surface area contributed by atoms with E-state index in [2.05, 4.69) is 55.2 Å². The number of nitrogens with zero attached hydrogens (tertiary/aromatic N) is 4. The van der Waals surface area contributed by atoms with Crippen molar-refractivity contribution in [3.8, 4) is 17.1 Å². The number of rotatable bonds is 7. The van der Waals surface area contributed by atoms with Gasteiger partial charge in [-0.05, 0) is 37.0 Å². The minimum atomic E-state index is 0.0947. The van der Waals surface area contributed by atoms with Crippen molar-refractivity contribution in [2.45, 2.75) is 45.2 Å². The monoisotopic (exact) mass is 422 g/mol. The van der Waals surface area contributed by atoms with Gasteiger partial charge in [0.2, 0.25) is 5.91 Å². The van der Waals surface area contributed by atoms with Crippen LogP contribution >= 0.6 is 11.8 Å². The summed E-state index contributed by atoms with van der Waals surface area (Å²) in [6.45, 7) is 12.0. The molecule has 0 saturated carbocycles. The standard InChI is InChI=1S/C24H30N4OS/c1-6-27(7-2)21(29)17-30-23-26-25-22(28(23)20-11-9-8-10-12-20)18-13-15-19(16-14-18)24(3,4)5/h8-16H,6-7,17H2,1-5H3. The molecular formula is C24H30N4OS. The fourth-order valence-electron chi connectivity index (χ4n) is 3.27. The molecule has 1 aromatic heterocycles. The SMILES string of the molecule is CCN(CC)C(=O)CSc1nnc(-c2ccc(C(C)(C)C)cc2)n1-c1ccccc1. The van der Waals surface area contributed by atoms with Gasteiger partial charge in [0.1, 0.15) is 0 Å². The van der Waals surface area contributed by atoms with Gasteiger partial charge in [0.15, 0.2) is 11.0 Å². The van der Waals surface area contributed by atoms with Gasteiger partial charge in [0.05, 0.1) is 5.75 Å². The normalized spacial score (nSPS) is 11.5. The van der Waals surface area contributed by atoms with Gasteiger partial charge in [-0.1, -0.05) is 75.0 Å². The third kappa shape index (κ3) is 4.93. The highest BCUT2D eigenvalue weighted by molar-refractivity contribution is 7.99. The number of thioether (sulfide) groups is 1. The molecule has 0 fully saturated rings. The molecule has 0 spiro atoms. The van der Waals surface area contributed by atoms with E-state index in [9.17, 15) is 4.79 Å². The summed E-state index contributed by atoms with van der Waals surface area (Å²) < 4.78 is 2.03. The molecule has 3 rings (SSSR count). The van der Waals surface area contributed by atoms with E-state index in [1.54, 1.807) is 0 Å². The summed E-state index contributed by atoms with van der Waals surface area (Å²) in [5, 5.41) is 9.63. The van der Waals surface area contributed by atoms with E-state index in [4.69, 9.17) is 0 Å². The Bertz CT molecular complexity index is 971. The van der Waals surface area contributed by atoms with Crippen molar-refractivity contribution < 1.29 is 4.79 Å². The van der Waals surface area contributed by atoms with Crippen LogP contribution < -0.4 is 0 Å². The van der Waals surface area contributed by atoms with Crippen molar-refractivity contribution in [1.82, 2.24) is 19.7 Å². The van der Waals surface area contributed by atoms with Crippen LogP contribution in [0.15, 0.2) is 59.8 Å². The maximum Gasteiger partial charge on any atom is 0.233 e. The number of para-hydroxylation sites is 1. The van der Waals surface area contributed by atoms with Gasteiger partial charge >= 0.3 is 0 Å². The van der Waals surface area contributed by atoms with E-state index < -0.39 is 0 Å². The van der Waals surface area contributed by atoms with E-state index >= 15 is 0 Å². The molecule has 0 radical (unpaired) electrons. The highest BCUT2D eigenvalue weighted by atomic mass is 32.2. The van der Waals surface area contributed by atoms with Crippen LogP contribution in [0.2, 0.25) is 0 Å². The molecule has 158 valence electrons. The lowest BCUT2D eigenvalue weighted by molar-refractivity contribution is -0.127. The van der Waals surface area contributed by atoms with Gasteiger partial charge in [-0.2, -0.15) is 0 Å². The minimum Gasteiger partial charge on any atom is -0.343 e. The molecule has 0 atom stereocenters. The summed E-state index contributed by atoms with van der Waals surface area (Å²) in [6, 6.07) is 18.5. The molecule has 0 unspecified atom stereocenters. The largest absolute Gasteiger partial charge is 0.343 e. The molecule has 3 aromatic rings. The van der Waals surface area contributed by atoms with E-state index in [-0.39, 0.29) is 11.3 Å². The second-order valence-corrected chi connectivity index (χ2v) is 9.10. The van der Waals surface area contributed by atoms with E-state index in [1.807, 2.05) is 53.6 Å². The van der Waals surface area contributed by atoms with Crippen LogP contribution in [0.5, 0.6) is 0 Å². The number of carbonyl (C=O) groups is 1. The molecule has 1 amide bonds. The Morgan fingerprint density at radius 3 is 2.17 bits per heavy atom. The number of amides is 1. The molecule has 0 aliphatic heterocycles. The van der Waals surface area contributed by atoms with Crippen molar-refractivity contribution in [2.24, 2.45) is 0 Å². The van der Waals surface area contributed by atoms with Crippen LogP contribution in [0, 0.1) is 0 Å². The molecular weight excluding hydrogens is 392 g/mol. The Balaban J connectivity index is 1.96. The Morgan fingerprint density at radius 2 is 1.60 bits per heavy atom. The molecule has 1 heterocycles. The molecule has 2 aromatic carbocycles. The van der Waals surface area contributed by atoms with E-state index in [0.717, 1.165) is 22.2 Å². The lowest BCUT2D eigenvalue weighted by Gasteiger charge is -2.19. The van der Waals surface area contributed by atoms with Crippen LogP contribution in [0.25, 0.3) is 17.1 Å². The molecule has 0 bridgehead atoms. The Kier molecular flexibility index (Phi) is 6.98. The van der Waals surface area contributed by atoms with Gasteiger partial charge in [-0.15, -0.1) is 10.2 Å². The molecule has 5 nitrogen and oxygen atoms in total. The van der Waals surface area contributed by atoms with Gasteiger partial charge in [-0.3, -0.25) is 9.36 Å². The zero-order chi connectivity index (χ0) is 21.7. The van der Waals surface area contributed by atoms with Crippen molar-refractivity contribution in [3.63, 3.8) is 0 Å². The maximum atomic E-state index is 12.5. The van der Waals surface area contributed by atoms with Gasteiger partial charge in [0, 0.05) is 24.3 Å². The van der Waals surface area contributed by atoms with Crippen LogP contribution in [0.3, 0.4) is 0 Å². The van der Waals surface area contributed by atoms with Crippen LogP contribution in [0.4, 0.5) is 0 Å². The number of benzene rings is 2. The van der Waals surface area contributed by atoms with Gasteiger partial charge in [0.25, 0.3) is 0 Å². The summed E-state index contributed by atoms with van der Waals surface area (Å²) in [5.74, 6) is 1.23. The highest BCUT2D eigenvalue weighted by Crippen LogP contribution is 2.30. The number of carbonyl (C=O) groups excluding carboxylic acids is 1. The average molecular weight is 423 g/mol. The summed E-state index contributed by atoms with van der Waals surface area (Å²) in [7, 11) is 0. The number of hydrogen-bond donors (Lipinski definition) is 0. The predicted octanol–water partition coefficient (Wildman–Crippen LogP) is 5.19. The Labute approximate surface area is 183 Å². The lowest BCUT2D eigenvalue weighted by atomic mass is 9.87. The highest BCUT2D eigenvalue weighted by Gasteiger charge is 2.19. The summed E-state index contributed by atoms with van der Waals surface area (Å²) >= 11 is 1.43. The fourth-order valence-corrected chi connectivity index (χ4v) is 4.13. The van der Waals surface area contributed by atoms with Gasteiger partial charge in [-0.25, -0.2) is 0 Å². The number of aromatic nitrogens is 3. The summed E-state index contributed by atoms with van der Waals surface area (Å²) in [6.07, 6.45) is 0. The first kappa shape index (κ1) is 22.1. The molecule has 30 heavy (non-hydrogen) atoms. The van der Waals surface area contributed by atoms with E-state index in [1.165, 1.54) is 17.3 Å². The first-order chi connectivity index (χ1) is 14.3. The maximum absolute atomic E-state index is 12.5. The van der Waals surface area contributed by atoms with Crippen LogP contribution in [-0.2, 0) is 10.2 Å². The molecule has 0 aliphatic rings. The summed E-state index contributed by atoms with van der Waals surface area (Å²) in [4.78, 5) is 14.3. The predicted molar refractivity (Wildman–Crippen MR) is 124 cm³/mol. The quantitative estimate of drug-likeness (QED) is 0.492. The van der Waals surface area contributed by atoms with Crippen molar-refractivity contribution in [3.05, 3.63) is 60.2 Å². The third-order valence-corrected chi connectivity index (χ3v) is 6.01. The summed E-state index contributed by atoms with van der Waals surface area (Å²) in [5.41, 5.74) is 3.35. The number of hydrogen-bond acceptors (Lipinski definition) is 4. The van der Waals surface area contributed by atoms with Crippen molar-refractivity contribution >= 4 is 17.7 Å². The average Bonchev–Trinajstić information content (AvgIpc) is 3.17. The molecule has 0 aliphatic carbocycles. The van der Waals surface area contributed by atoms with Crippen molar-refractivity contribution in [2.75, 3.05) is 18.8 Å². The van der Waals surface area contributed by atoms with Crippen molar-refractivity contribution in [1.29, 1.82) is 0 Å². The smallest absolute Gasteiger partial charge is 0.233 e.